The lowest BCUT2D eigenvalue weighted by Crippen LogP contribution is -2.16. The van der Waals surface area contributed by atoms with Crippen molar-refractivity contribution >= 4 is 38.6 Å². The Bertz CT molecular complexity index is 907. The van der Waals surface area contributed by atoms with Crippen LogP contribution >= 0.6 is 22.9 Å². The first-order valence-corrected chi connectivity index (χ1v) is 8.75. The van der Waals surface area contributed by atoms with Gasteiger partial charge in [-0.1, -0.05) is 11.6 Å². The molecule has 0 atom stereocenters. The number of sulfonamides is 1. The molecule has 0 bridgehead atoms. The molecule has 0 amide bonds. The molecule has 9 heteroatoms. The number of aromatic nitrogens is 2. The second-order valence-corrected chi connectivity index (χ2v) is 7.25. The van der Waals surface area contributed by atoms with Crippen LogP contribution in [0.3, 0.4) is 0 Å². The van der Waals surface area contributed by atoms with Crippen LogP contribution in [0.5, 0.6) is 0 Å². The van der Waals surface area contributed by atoms with E-state index >= 15 is 0 Å². The normalized spacial score (nSPS) is 11.5. The third-order valence-electron chi connectivity index (χ3n) is 2.80. The van der Waals surface area contributed by atoms with E-state index in [2.05, 4.69) is 9.71 Å². The maximum absolute atomic E-state index is 13.1. The van der Waals surface area contributed by atoms with Crippen molar-refractivity contribution in [3.63, 3.8) is 0 Å². The second kappa shape index (κ2) is 5.71. The first-order chi connectivity index (χ1) is 10.5. The molecule has 114 valence electrons. The highest BCUT2D eigenvalue weighted by Crippen LogP contribution is 2.24. The van der Waals surface area contributed by atoms with E-state index in [0.717, 1.165) is 11.1 Å². The minimum Gasteiger partial charge on any atom is -0.279 e. The molecule has 0 aliphatic heterocycles. The summed E-state index contributed by atoms with van der Waals surface area (Å²) in [5.41, 5.74) is 0.172. The molecule has 0 unspecified atom stereocenters. The van der Waals surface area contributed by atoms with Gasteiger partial charge < -0.3 is 0 Å². The van der Waals surface area contributed by atoms with Crippen LogP contribution in [0, 0.1) is 5.82 Å². The van der Waals surface area contributed by atoms with E-state index in [1.165, 1.54) is 40.6 Å². The molecule has 0 aliphatic rings. The fraction of sp³-hybridized carbons (Fsp3) is 0. The highest BCUT2D eigenvalue weighted by atomic mass is 35.5. The zero-order valence-electron chi connectivity index (χ0n) is 10.9. The van der Waals surface area contributed by atoms with Crippen LogP contribution in [0.4, 0.5) is 10.1 Å². The van der Waals surface area contributed by atoms with Gasteiger partial charge >= 0.3 is 0 Å². The van der Waals surface area contributed by atoms with Gasteiger partial charge in [0.05, 0.1) is 16.9 Å². The number of thiophene rings is 1. The van der Waals surface area contributed by atoms with Gasteiger partial charge in [0.2, 0.25) is 0 Å². The minimum absolute atomic E-state index is 0.0182. The summed E-state index contributed by atoms with van der Waals surface area (Å²) in [6.07, 6.45) is 2.66. The van der Waals surface area contributed by atoms with Gasteiger partial charge in [0.1, 0.15) is 17.1 Å². The molecular weight excluding hydrogens is 349 g/mol. The van der Waals surface area contributed by atoms with Gasteiger partial charge in [-0.2, -0.15) is 8.42 Å². The van der Waals surface area contributed by atoms with Crippen LogP contribution in [0.2, 0.25) is 5.02 Å². The highest BCUT2D eigenvalue weighted by molar-refractivity contribution is 7.92. The van der Waals surface area contributed by atoms with Gasteiger partial charge in [-0.15, -0.1) is 11.3 Å². The van der Waals surface area contributed by atoms with Gasteiger partial charge in [0.15, 0.2) is 5.03 Å². The van der Waals surface area contributed by atoms with Crippen LogP contribution in [0.25, 0.3) is 5.00 Å². The van der Waals surface area contributed by atoms with Gasteiger partial charge in [0, 0.05) is 0 Å². The molecule has 2 heterocycles. The number of hydrogen-bond acceptors (Lipinski definition) is 4. The molecule has 1 N–H and O–H groups in total. The zero-order valence-corrected chi connectivity index (χ0v) is 13.3. The third kappa shape index (κ3) is 2.85. The monoisotopic (exact) mass is 357 g/mol. The van der Waals surface area contributed by atoms with Crippen molar-refractivity contribution in [2.24, 2.45) is 0 Å². The smallest absolute Gasteiger partial charge is 0.279 e. The topological polar surface area (TPSA) is 64.0 Å². The van der Waals surface area contributed by atoms with E-state index in [9.17, 15) is 12.8 Å². The largest absolute Gasteiger partial charge is 0.279 e. The van der Waals surface area contributed by atoms with Crippen molar-refractivity contribution in [2.45, 2.75) is 5.03 Å². The summed E-state index contributed by atoms with van der Waals surface area (Å²) in [6, 6.07) is 7.19. The fourth-order valence-corrected chi connectivity index (χ4v) is 3.92. The van der Waals surface area contributed by atoms with Crippen LogP contribution in [-0.4, -0.2) is 18.0 Å². The Kier molecular flexibility index (Phi) is 3.90. The molecule has 3 rings (SSSR count). The lowest BCUT2D eigenvalue weighted by molar-refractivity contribution is 0.595. The summed E-state index contributed by atoms with van der Waals surface area (Å²) < 4.78 is 41.9. The molecular formula is C13H9ClFN3O2S2. The predicted molar refractivity (Wildman–Crippen MR) is 83.7 cm³/mol. The summed E-state index contributed by atoms with van der Waals surface area (Å²) in [5.74, 6) is -0.617. The van der Waals surface area contributed by atoms with E-state index in [1.54, 1.807) is 6.07 Å². The molecule has 0 spiro atoms. The van der Waals surface area contributed by atoms with E-state index in [-0.39, 0.29) is 15.7 Å². The van der Waals surface area contributed by atoms with Crippen LogP contribution in [0.1, 0.15) is 0 Å². The average Bonchev–Trinajstić information content (AvgIpc) is 3.12. The van der Waals surface area contributed by atoms with Gasteiger partial charge in [-0.05, 0) is 35.7 Å². The van der Waals surface area contributed by atoms with Gasteiger partial charge in [-0.25, -0.2) is 9.37 Å². The van der Waals surface area contributed by atoms with Gasteiger partial charge in [0.25, 0.3) is 10.0 Å². The van der Waals surface area contributed by atoms with Crippen molar-refractivity contribution in [1.82, 2.24) is 9.55 Å². The van der Waals surface area contributed by atoms with Crippen LogP contribution in [0.15, 0.2) is 53.3 Å². The molecule has 0 saturated heterocycles. The van der Waals surface area contributed by atoms with Crippen LogP contribution in [-0.2, 0) is 10.0 Å². The van der Waals surface area contributed by atoms with Crippen molar-refractivity contribution in [2.75, 3.05) is 4.72 Å². The molecule has 0 saturated carbocycles. The summed E-state index contributed by atoms with van der Waals surface area (Å²) in [6.45, 7) is 0. The number of halogens is 2. The Morgan fingerprint density at radius 2 is 2.14 bits per heavy atom. The Morgan fingerprint density at radius 3 is 2.82 bits per heavy atom. The summed E-state index contributed by atoms with van der Waals surface area (Å²) >= 11 is 7.04. The maximum Gasteiger partial charge on any atom is 0.279 e. The van der Waals surface area contributed by atoms with E-state index in [4.69, 9.17) is 11.6 Å². The average molecular weight is 358 g/mol. The standard InChI is InChI=1S/C13H9ClFN3O2S2/c14-10-6-9(3-4-11(10)15)17-22(19,20)13-7-16-8-18(13)12-2-1-5-21-12/h1-8,17H. The minimum atomic E-state index is -3.88. The summed E-state index contributed by atoms with van der Waals surface area (Å²) in [7, 11) is -3.88. The summed E-state index contributed by atoms with van der Waals surface area (Å²) in [4.78, 5) is 3.88. The quantitative estimate of drug-likeness (QED) is 0.777. The molecule has 0 fully saturated rings. The number of rotatable bonds is 4. The number of benzene rings is 1. The number of nitrogens with one attached hydrogen (secondary N) is 1. The van der Waals surface area contributed by atoms with Gasteiger partial charge in [-0.3, -0.25) is 9.29 Å². The van der Waals surface area contributed by atoms with Crippen molar-refractivity contribution in [3.05, 3.63) is 59.1 Å². The number of nitrogens with zero attached hydrogens (tertiary/aromatic N) is 2. The predicted octanol–water partition coefficient (Wildman–Crippen LogP) is 3.53. The molecule has 0 radical (unpaired) electrons. The lowest BCUT2D eigenvalue weighted by Gasteiger charge is -2.10. The number of hydrogen-bond donors (Lipinski definition) is 1. The van der Waals surface area contributed by atoms with Crippen LogP contribution < -0.4 is 4.72 Å². The zero-order chi connectivity index (χ0) is 15.7. The maximum atomic E-state index is 13.1. The lowest BCUT2D eigenvalue weighted by atomic mass is 10.3. The number of imidazole rings is 1. The van der Waals surface area contributed by atoms with E-state index in [1.807, 2.05) is 11.4 Å². The Morgan fingerprint density at radius 1 is 1.32 bits per heavy atom. The molecule has 5 nitrogen and oxygen atoms in total. The fourth-order valence-electron chi connectivity index (χ4n) is 1.82. The molecule has 2 aromatic heterocycles. The summed E-state index contributed by atoms with van der Waals surface area (Å²) in [5, 5.41) is 2.37. The first kappa shape index (κ1) is 15.0. The van der Waals surface area contributed by atoms with E-state index in [0.29, 0.717) is 0 Å². The number of anilines is 1. The van der Waals surface area contributed by atoms with E-state index < -0.39 is 15.8 Å². The molecule has 22 heavy (non-hydrogen) atoms. The Hall–Kier alpha value is -1.90. The highest BCUT2D eigenvalue weighted by Gasteiger charge is 2.21. The molecule has 1 aromatic carbocycles. The Labute approximate surface area is 135 Å². The Balaban J connectivity index is 1.97. The first-order valence-electron chi connectivity index (χ1n) is 6.01. The van der Waals surface area contributed by atoms with Crippen molar-refractivity contribution < 1.29 is 12.8 Å². The molecule has 0 aliphatic carbocycles. The van der Waals surface area contributed by atoms with Crippen molar-refractivity contribution in [3.8, 4) is 5.00 Å². The third-order valence-corrected chi connectivity index (χ3v) is 5.31. The van der Waals surface area contributed by atoms with Crippen molar-refractivity contribution in [1.29, 1.82) is 0 Å². The molecule has 3 aromatic rings. The SMILES string of the molecule is O=S(=O)(Nc1ccc(F)c(Cl)c1)c1cncn1-c1cccs1. The second-order valence-electron chi connectivity index (χ2n) is 4.29.